The smallest absolute Gasteiger partial charge is 0.262 e. The van der Waals surface area contributed by atoms with E-state index in [1.54, 1.807) is 31.2 Å². The SMILES string of the molecule is C[C@H](C(=O)Nc1ccc2c(c1)CCC2)N1C(=O)c2ccccc2C1=O. The summed E-state index contributed by atoms with van der Waals surface area (Å²) >= 11 is 0. The summed E-state index contributed by atoms with van der Waals surface area (Å²) in [7, 11) is 0. The zero-order valence-electron chi connectivity index (χ0n) is 13.9. The highest BCUT2D eigenvalue weighted by molar-refractivity contribution is 6.23. The molecule has 0 saturated heterocycles. The number of anilines is 1. The molecular weight excluding hydrogens is 316 g/mol. The number of benzene rings is 2. The van der Waals surface area contributed by atoms with Gasteiger partial charge in [-0.1, -0.05) is 18.2 Å². The van der Waals surface area contributed by atoms with Crippen LogP contribution in [-0.2, 0) is 17.6 Å². The van der Waals surface area contributed by atoms with Crippen molar-refractivity contribution >= 4 is 23.4 Å². The van der Waals surface area contributed by atoms with E-state index in [1.807, 2.05) is 18.2 Å². The maximum absolute atomic E-state index is 12.6. The van der Waals surface area contributed by atoms with Gasteiger partial charge in [0.1, 0.15) is 6.04 Å². The predicted molar refractivity (Wildman–Crippen MR) is 93.5 cm³/mol. The number of nitrogens with zero attached hydrogens (tertiary/aromatic N) is 1. The highest BCUT2D eigenvalue weighted by Crippen LogP contribution is 2.27. The number of aryl methyl sites for hydroxylation is 2. The molecule has 0 unspecified atom stereocenters. The van der Waals surface area contributed by atoms with Crippen LogP contribution in [0.4, 0.5) is 5.69 Å². The van der Waals surface area contributed by atoms with Gasteiger partial charge in [-0.2, -0.15) is 0 Å². The van der Waals surface area contributed by atoms with Crippen molar-refractivity contribution in [2.75, 3.05) is 5.32 Å². The first-order valence-corrected chi connectivity index (χ1v) is 8.46. The van der Waals surface area contributed by atoms with Crippen LogP contribution >= 0.6 is 0 Å². The number of carbonyl (C=O) groups is 3. The van der Waals surface area contributed by atoms with Gasteiger partial charge in [0, 0.05) is 5.69 Å². The molecule has 0 saturated carbocycles. The Kier molecular flexibility index (Phi) is 3.64. The number of amides is 3. The van der Waals surface area contributed by atoms with E-state index in [0.29, 0.717) is 16.8 Å². The topological polar surface area (TPSA) is 66.5 Å². The van der Waals surface area contributed by atoms with Gasteiger partial charge in [-0.15, -0.1) is 0 Å². The molecule has 2 aliphatic rings. The van der Waals surface area contributed by atoms with E-state index in [0.717, 1.165) is 24.2 Å². The molecule has 3 amide bonds. The Labute approximate surface area is 145 Å². The third-order valence-electron chi connectivity index (χ3n) is 4.96. The maximum Gasteiger partial charge on any atom is 0.262 e. The van der Waals surface area contributed by atoms with Crippen LogP contribution in [-0.4, -0.2) is 28.7 Å². The van der Waals surface area contributed by atoms with Gasteiger partial charge in [-0.25, -0.2) is 0 Å². The number of fused-ring (bicyclic) bond motifs is 2. The fraction of sp³-hybridized carbons (Fsp3) is 0.250. The highest BCUT2D eigenvalue weighted by Gasteiger charge is 2.40. The second-order valence-electron chi connectivity index (χ2n) is 6.53. The van der Waals surface area contributed by atoms with E-state index in [2.05, 4.69) is 5.32 Å². The summed E-state index contributed by atoms with van der Waals surface area (Å²) in [5.74, 6) is -1.21. The first-order valence-electron chi connectivity index (χ1n) is 8.46. The van der Waals surface area contributed by atoms with Crippen LogP contribution in [0, 0.1) is 0 Å². The van der Waals surface area contributed by atoms with Gasteiger partial charge in [-0.05, 0) is 61.6 Å². The average Bonchev–Trinajstić information content (AvgIpc) is 3.18. The lowest BCUT2D eigenvalue weighted by Gasteiger charge is -2.21. The summed E-state index contributed by atoms with van der Waals surface area (Å²) in [5, 5.41) is 2.83. The molecular formula is C20H18N2O3. The Morgan fingerprint density at radius 2 is 1.64 bits per heavy atom. The fourth-order valence-corrected chi connectivity index (χ4v) is 3.57. The van der Waals surface area contributed by atoms with Crippen molar-refractivity contribution in [1.29, 1.82) is 0 Å². The molecule has 2 aromatic carbocycles. The minimum absolute atomic E-state index is 0.352. The molecule has 126 valence electrons. The molecule has 1 heterocycles. The van der Waals surface area contributed by atoms with Crippen molar-refractivity contribution < 1.29 is 14.4 Å². The van der Waals surface area contributed by atoms with E-state index in [9.17, 15) is 14.4 Å². The molecule has 2 aromatic rings. The summed E-state index contributed by atoms with van der Waals surface area (Å²) in [6.07, 6.45) is 3.24. The van der Waals surface area contributed by atoms with Crippen molar-refractivity contribution in [3.05, 3.63) is 64.7 Å². The third kappa shape index (κ3) is 2.52. The highest BCUT2D eigenvalue weighted by atomic mass is 16.2. The molecule has 0 radical (unpaired) electrons. The van der Waals surface area contributed by atoms with Gasteiger partial charge >= 0.3 is 0 Å². The Morgan fingerprint density at radius 1 is 1.00 bits per heavy atom. The first kappa shape index (κ1) is 15.6. The quantitative estimate of drug-likeness (QED) is 0.878. The lowest BCUT2D eigenvalue weighted by molar-refractivity contribution is -0.119. The summed E-state index contributed by atoms with van der Waals surface area (Å²) in [4.78, 5) is 38.6. The number of hydrogen-bond acceptors (Lipinski definition) is 3. The molecule has 0 spiro atoms. The van der Waals surface area contributed by atoms with Crippen LogP contribution in [0.15, 0.2) is 42.5 Å². The second kappa shape index (κ2) is 5.84. The standard InChI is InChI=1S/C20H18N2O3/c1-12(22-19(24)16-7-2-3-8-17(16)20(22)25)18(23)21-15-10-9-13-5-4-6-14(13)11-15/h2-3,7-12H,4-6H2,1H3,(H,21,23)/t12-/m1/s1. The van der Waals surface area contributed by atoms with Gasteiger partial charge < -0.3 is 5.32 Å². The minimum Gasteiger partial charge on any atom is -0.324 e. The number of hydrogen-bond donors (Lipinski definition) is 1. The summed E-state index contributed by atoms with van der Waals surface area (Å²) in [6.45, 7) is 1.57. The Morgan fingerprint density at radius 3 is 2.32 bits per heavy atom. The molecule has 0 bridgehead atoms. The van der Waals surface area contributed by atoms with Crippen LogP contribution in [0.3, 0.4) is 0 Å². The van der Waals surface area contributed by atoms with Crippen LogP contribution in [0.5, 0.6) is 0 Å². The predicted octanol–water partition coefficient (Wildman–Crippen LogP) is 2.80. The summed E-state index contributed by atoms with van der Waals surface area (Å²) < 4.78 is 0. The first-order chi connectivity index (χ1) is 12.1. The molecule has 5 heteroatoms. The number of rotatable bonds is 3. The van der Waals surface area contributed by atoms with Crippen molar-refractivity contribution in [2.24, 2.45) is 0 Å². The molecule has 4 rings (SSSR count). The van der Waals surface area contributed by atoms with Crippen molar-refractivity contribution in [2.45, 2.75) is 32.2 Å². The molecule has 5 nitrogen and oxygen atoms in total. The molecule has 1 aliphatic carbocycles. The van der Waals surface area contributed by atoms with E-state index < -0.39 is 17.9 Å². The molecule has 25 heavy (non-hydrogen) atoms. The van der Waals surface area contributed by atoms with Crippen molar-refractivity contribution in [3.63, 3.8) is 0 Å². The van der Waals surface area contributed by atoms with Gasteiger partial charge in [0.05, 0.1) is 11.1 Å². The number of carbonyl (C=O) groups excluding carboxylic acids is 3. The van der Waals surface area contributed by atoms with Crippen molar-refractivity contribution in [3.8, 4) is 0 Å². The largest absolute Gasteiger partial charge is 0.324 e. The number of nitrogens with one attached hydrogen (secondary N) is 1. The normalized spacial score (nSPS) is 16.6. The minimum atomic E-state index is -0.874. The lowest BCUT2D eigenvalue weighted by atomic mass is 10.1. The fourth-order valence-electron chi connectivity index (χ4n) is 3.57. The summed E-state index contributed by atoms with van der Waals surface area (Å²) in [5.41, 5.74) is 3.99. The van der Waals surface area contributed by atoms with Crippen molar-refractivity contribution in [1.82, 2.24) is 4.90 Å². The van der Waals surface area contributed by atoms with Crippen LogP contribution in [0.1, 0.15) is 45.2 Å². The third-order valence-corrected chi connectivity index (χ3v) is 4.96. The molecule has 0 aromatic heterocycles. The maximum atomic E-state index is 12.6. The van der Waals surface area contributed by atoms with Crippen LogP contribution in [0.2, 0.25) is 0 Å². The van der Waals surface area contributed by atoms with Crippen LogP contribution in [0.25, 0.3) is 0 Å². The van der Waals surface area contributed by atoms with Gasteiger partial charge in [0.25, 0.3) is 11.8 Å². The van der Waals surface area contributed by atoms with Gasteiger partial charge in [-0.3, -0.25) is 19.3 Å². The summed E-state index contributed by atoms with van der Waals surface area (Å²) in [6, 6.07) is 11.7. The zero-order chi connectivity index (χ0) is 17.6. The Bertz CT molecular complexity index is 869. The van der Waals surface area contributed by atoms with E-state index in [1.165, 1.54) is 11.1 Å². The second-order valence-corrected chi connectivity index (χ2v) is 6.53. The van der Waals surface area contributed by atoms with E-state index >= 15 is 0 Å². The van der Waals surface area contributed by atoms with Gasteiger partial charge in [0.2, 0.25) is 5.91 Å². The molecule has 1 N–H and O–H groups in total. The monoisotopic (exact) mass is 334 g/mol. The Balaban J connectivity index is 1.53. The molecule has 0 fully saturated rings. The molecule has 1 atom stereocenters. The zero-order valence-corrected chi connectivity index (χ0v) is 13.9. The number of imide groups is 1. The van der Waals surface area contributed by atoms with Crippen LogP contribution < -0.4 is 5.32 Å². The average molecular weight is 334 g/mol. The van der Waals surface area contributed by atoms with Gasteiger partial charge in [0.15, 0.2) is 0 Å². The Hall–Kier alpha value is -2.95. The van der Waals surface area contributed by atoms with E-state index in [4.69, 9.17) is 0 Å². The molecule has 1 aliphatic heterocycles. The van der Waals surface area contributed by atoms with E-state index in [-0.39, 0.29) is 5.91 Å². The lowest BCUT2D eigenvalue weighted by Crippen LogP contribution is -2.45.